The third kappa shape index (κ3) is 2.47. The minimum Gasteiger partial charge on any atom is -0.341 e. The summed E-state index contributed by atoms with van der Waals surface area (Å²) in [5.74, 6) is 0.176. The van der Waals surface area contributed by atoms with E-state index in [-0.39, 0.29) is 5.91 Å². The van der Waals surface area contributed by atoms with E-state index in [1.165, 1.54) is 0 Å². The van der Waals surface area contributed by atoms with Gasteiger partial charge in [0.05, 0.1) is 0 Å². The van der Waals surface area contributed by atoms with Gasteiger partial charge in [-0.3, -0.25) is 9.69 Å². The van der Waals surface area contributed by atoms with E-state index in [4.69, 9.17) is 0 Å². The number of amides is 1. The van der Waals surface area contributed by atoms with E-state index >= 15 is 0 Å². The SMILES string of the molecule is CC(C)n1cccc1C(=O)N1CC(N2CCNCC2)C1. The van der Waals surface area contributed by atoms with Gasteiger partial charge in [-0.05, 0) is 26.0 Å². The number of rotatable bonds is 3. The standard InChI is InChI=1S/C15H24N4O/c1-12(2)19-7-3-4-14(19)15(20)18-10-13(11-18)17-8-5-16-6-9-17/h3-4,7,12-13,16H,5-6,8-11H2,1-2H3. The van der Waals surface area contributed by atoms with E-state index in [0.29, 0.717) is 12.1 Å². The molecule has 1 aromatic heterocycles. The fraction of sp³-hybridized carbons (Fsp3) is 0.667. The second-order valence-corrected chi connectivity index (χ2v) is 6.04. The predicted octanol–water partition coefficient (Wildman–Crippen LogP) is 0.799. The first kappa shape index (κ1) is 13.6. The number of likely N-dealkylation sites (tertiary alicyclic amines) is 1. The normalized spacial score (nSPS) is 21.2. The van der Waals surface area contributed by atoms with E-state index < -0.39 is 0 Å². The molecule has 0 unspecified atom stereocenters. The molecular weight excluding hydrogens is 252 g/mol. The molecule has 0 aliphatic carbocycles. The third-order valence-electron chi connectivity index (χ3n) is 4.37. The first-order valence-corrected chi connectivity index (χ1v) is 7.57. The number of nitrogens with one attached hydrogen (secondary N) is 1. The molecule has 20 heavy (non-hydrogen) atoms. The van der Waals surface area contributed by atoms with Gasteiger partial charge in [-0.2, -0.15) is 0 Å². The monoisotopic (exact) mass is 276 g/mol. The second kappa shape index (κ2) is 5.58. The second-order valence-electron chi connectivity index (χ2n) is 6.04. The van der Waals surface area contributed by atoms with Crippen LogP contribution >= 0.6 is 0 Å². The van der Waals surface area contributed by atoms with Crippen LogP contribution in [0.15, 0.2) is 18.3 Å². The van der Waals surface area contributed by atoms with Gasteiger partial charge in [0.1, 0.15) is 5.69 Å². The fourth-order valence-corrected chi connectivity index (χ4v) is 3.09. The van der Waals surface area contributed by atoms with Gasteiger partial charge < -0.3 is 14.8 Å². The molecule has 1 N–H and O–H groups in total. The molecule has 0 aromatic carbocycles. The molecule has 2 saturated heterocycles. The van der Waals surface area contributed by atoms with Gasteiger partial charge in [0.15, 0.2) is 0 Å². The molecule has 0 bridgehead atoms. The molecule has 2 fully saturated rings. The number of aromatic nitrogens is 1. The Balaban J connectivity index is 1.59. The quantitative estimate of drug-likeness (QED) is 0.888. The Hall–Kier alpha value is -1.33. The summed E-state index contributed by atoms with van der Waals surface area (Å²) in [6.45, 7) is 10.3. The molecule has 1 aromatic rings. The van der Waals surface area contributed by atoms with Crippen molar-refractivity contribution in [2.45, 2.75) is 25.9 Å². The van der Waals surface area contributed by atoms with Crippen LogP contribution in [0.5, 0.6) is 0 Å². The van der Waals surface area contributed by atoms with Crippen molar-refractivity contribution in [2.75, 3.05) is 39.3 Å². The molecule has 0 spiro atoms. The maximum absolute atomic E-state index is 12.5. The minimum absolute atomic E-state index is 0.176. The van der Waals surface area contributed by atoms with Crippen molar-refractivity contribution >= 4 is 5.91 Å². The number of carbonyl (C=O) groups is 1. The van der Waals surface area contributed by atoms with Crippen LogP contribution in [0.3, 0.4) is 0 Å². The number of hydrogen-bond donors (Lipinski definition) is 1. The Morgan fingerprint density at radius 2 is 2.00 bits per heavy atom. The summed E-state index contributed by atoms with van der Waals surface area (Å²) < 4.78 is 2.06. The van der Waals surface area contributed by atoms with E-state index in [1.54, 1.807) is 0 Å². The maximum Gasteiger partial charge on any atom is 0.270 e. The Bertz CT molecular complexity index is 470. The number of carbonyl (C=O) groups excluding carboxylic acids is 1. The molecule has 3 heterocycles. The summed E-state index contributed by atoms with van der Waals surface area (Å²) in [6, 6.07) is 4.78. The lowest BCUT2D eigenvalue weighted by Crippen LogP contribution is -2.64. The molecule has 5 heteroatoms. The first-order chi connectivity index (χ1) is 9.66. The molecule has 110 valence electrons. The van der Waals surface area contributed by atoms with E-state index in [0.717, 1.165) is 45.0 Å². The van der Waals surface area contributed by atoms with Gasteiger partial charge in [0, 0.05) is 57.5 Å². The minimum atomic E-state index is 0.176. The topological polar surface area (TPSA) is 40.5 Å². The summed E-state index contributed by atoms with van der Waals surface area (Å²) >= 11 is 0. The van der Waals surface area contributed by atoms with E-state index in [9.17, 15) is 4.79 Å². The summed E-state index contributed by atoms with van der Waals surface area (Å²) in [5, 5.41) is 3.37. The van der Waals surface area contributed by atoms with Crippen molar-refractivity contribution in [3.63, 3.8) is 0 Å². The molecule has 2 aliphatic heterocycles. The summed E-state index contributed by atoms with van der Waals surface area (Å²) in [5.41, 5.74) is 0.818. The average Bonchev–Trinajstić information content (AvgIpc) is 2.87. The Morgan fingerprint density at radius 3 is 2.65 bits per heavy atom. The molecule has 0 radical (unpaired) electrons. The van der Waals surface area contributed by atoms with Crippen molar-refractivity contribution in [3.8, 4) is 0 Å². The molecule has 0 atom stereocenters. The number of piperazine rings is 1. The van der Waals surface area contributed by atoms with Crippen LogP contribution < -0.4 is 5.32 Å². The first-order valence-electron chi connectivity index (χ1n) is 7.57. The average molecular weight is 276 g/mol. The van der Waals surface area contributed by atoms with Crippen LogP contribution in [0.4, 0.5) is 0 Å². The number of nitrogens with zero attached hydrogens (tertiary/aromatic N) is 3. The third-order valence-corrected chi connectivity index (χ3v) is 4.37. The Labute approximate surface area is 120 Å². The highest BCUT2D eigenvalue weighted by Crippen LogP contribution is 2.20. The molecular formula is C15H24N4O. The van der Waals surface area contributed by atoms with Crippen LogP contribution in [0.2, 0.25) is 0 Å². The van der Waals surface area contributed by atoms with Crippen molar-refractivity contribution in [1.82, 2.24) is 19.7 Å². The summed E-state index contributed by atoms with van der Waals surface area (Å²) in [6.07, 6.45) is 1.99. The molecule has 2 aliphatic rings. The van der Waals surface area contributed by atoms with Gasteiger partial charge in [-0.25, -0.2) is 0 Å². The van der Waals surface area contributed by atoms with Crippen LogP contribution in [-0.2, 0) is 0 Å². The lowest BCUT2D eigenvalue weighted by atomic mass is 10.1. The van der Waals surface area contributed by atoms with E-state index in [1.807, 2.05) is 23.2 Å². The largest absolute Gasteiger partial charge is 0.341 e. The van der Waals surface area contributed by atoms with Gasteiger partial charge in [0.2, 0.25) is 0 Å². The smallest absolute Gasteiger partial charge is 0.270 e. The van der Waals surface area contributed by atoms with E-state index in [2.05, 4.69) is 28.6 Å². The zero-order valence-corrected chi connectivity index (χ0v) is 12.4. The number of hydrogen-bond acceptors (Lipinski definition) is 3. The lowest BCUT2D eigenvalue weighted by Gasteiger charge is -2.46. The summed E-state index contributed by atoms with van der Waals surface area (Å²) in [4.78, 5) is 17.0. The van der Waals surface area contributed by atoms with Crippen LogP contribution in [0.1, 0.15) is 30.4 Å². The van der Waals surface area contributed by atoms with Crippen molar-refractivity contribution in [3.05, 3.63) is 24.0 Å². The Morgan fingerprint density at radius 1 is 1.30 bits per heavy atom. The van der Waals surface area contributed by atoms with Crippen LogP contribution in [0, 0.1) is 0 Å². The molecule has 3 rings (SSSR count). The van der Waals surface area contributed by atoms with Crippen molar-refractivity contribution in [2.24, 2.45) is 0 Å². The highest BCUT2D eigenvalue weighted by molar-refractivity contribution is 5.93. The maximum atomic E-state index is 12.5. The molecule has 0 saturated carbocycles. The zero-order chi connectivity index (χ0) is 14.1. The van der Waals surface area contributed by atoms with Crippen molar-refractivity contribution < 1.29 is 4.79 Å². The molecule has 1 amide bonds. The summed E-state index contributed by atoms with van der Waals surface area (Å²) in [7, 11) is 0. The van der Waals surface area contributed by atoms with Gasteiger partial charge in [-0.15, -0.1) is 0 Å². The highest BCUT2D eigenvalue weighted by atomic mass is 16.2. The van der Waals surface area contributed by atoms with Gasteiger partial charge >= 0.3 is 0 Å². The van der Waals surface area contributed by atoms with Crippen LogP contribution in [0.25, 0.3) is 0 Å². The highest BCUT2D eigenvalue weighted by Gasteiger charge is 2.36. The zero-order valence-electron chi connectivity index (χ0n) is 12.4. The van der Waals surface area contributed by atoms with Crippen molar-refractivity contribution in [1.29, 1.82) is 0 Å². The van der Waals surface area contributed by atoms with Crippen LogP contribution in [-0.4, -0.2) is 65.6 Å². The molecule has 5 nitrogen and oxygen atoms in total. The fourth-order valence-electron chi connectivity index (χ4n) is 3.09. The predicted molar refractivity (Wildman–Crippen MR) is 79.0 cm³/mol. The van der Waals surface area contributed by atoms with Gasteiger partial charge in [0.25, 0.3) is 5.91 Å². The lowest BCUT2D eigenvalue weighted by molar-refractivity contribution is 0.0218. The van der Waals surface area contributed by atoms with Gasteiger partial charge in [-0.1, -0.05) is 0 Å². The Kier molecular flexibility index (Phi) is 3.81.